The van der Waals surface area contributed by atoms with Crippen LogP contribution in [0.1, 0.15) is 20.7 Å². The van der Waals surface area contributed by atoms with Crippen LogP contribution in [0.15, 0.2) is 36.4 Å². The molecule has 0 aliphatic heterocycles. The number of amides is 2. The fourth-order valence-corrected chi connectivity index (χ4v) is 2.30. The average molecular weight is 426 g/mol. The number of nitrogens with one attached hydrogen (secondary N) is 2. The maximum atomic E-state index is 13.6. The molecular formula is C18H8F6N4O2. The lowest BCUT2D eigenvalue weighted by Gasteiger charge is -2.09. The third kappa shape index (κ3) is 4.37. The quantitative estimate of drug-likeness (QED) is 0.491. The molecule has 0 aliphatic carbocycles. The number of carbonyl (C=O) groups excluding carboxylic acids is 2. The molecule has 2 aromatic heterocycles. The van der Waals surface area contributed by atoms with E-state index in [9.17, 15) is 35.9 Å². The van der Waals surface area contributed by atoms with Crippen molar-refractivity contribution in [2.75, 3.05) is 10.6 Å². The van der Waals surface area contributed by atoms with Gasteiger partial charge in [-0.2, -0.15) is 27.5 Å². The normalized spacial score (nSPS) is 10.6. The van der Waals surface area contributed by atoms with E-state index in [0.29, 0.717) is 12.1 Å². The zero-order valence-corrected chi connectivity index (χ0v) is 14.4. The van der Waals surface area contributed by atoms with Gasteiger partial charge in [-0.05, 0) is 24.3 Å². The van der Waals surface area contributed by atoms with Crippen molar-refractivity contribution in [3.05, 3.63) is 83.0 Å². The highest BCUT2D eigenvalue weighted by atomic mass is 19.2. The third-order valence-electron chi connectivity index (χ3n) is 3.66. The SMILES string of the molecule is O=C(Nc1ccc(NC(=O)c2cc(F)nc(F)c2F)cc1)c1cc(F)nc(F)c1F. The Kier molecular flexibility index (Phi) is 5.67. The third-order valence-corrected chi connectivity index (χ3v) is 3.66. The number of benzene rings is 1. The lowest BCUT2D eigenvalue weighted by molar-refractivity contribution is 0.101. The molecule has 0 fully saturated rings. The van der Waals surface area contributed by atoms with Crippen molar-refractivity contribution in [3.63, 3.8) is 0 Å². The monoisotopic (exact) mass is 426 g/mol. The van der Waals surface area contributed by atoms with Crippen molar-refractivity contribution in [1.29, 1.82) is 0 Å². The van der Waals surface area contributed by atoms with Crippen LogP contribution < -0.4 is 10.6 Å². The van der Waals surface area contributed by atoms with Crippen LogP contribution in [0, 0.1) is 35.4 Å². The largest absolute Gasteiger partial charge is 0.322 e. The van der Waals surface area contributed by atoms with Gasteiger partial charge in [0.2, 0.25) is 11.9 Å². The molecule has 0 spiro atoms. The number of hydrogen-bond acceptors (Lipinski definition) is 4. The molecular weight excluding hydrogens is 418 g/mol. The minimum absolute atomic E-state index is 0.0437. The van der Waals surface area contributed by atoms with Gasteiger partial charge in [0.1, 0.15) is 0 Å². The first-order chi connectivity index (χ1) is 14.2. The van der Waals surface area contributed by atoms with Crippen LogP contribution in [-0.2, 0) is 0 Å². The van der Waals surface area contributed by atoms with Gasteiger partial charge in [-0.15, -0.1) is 0 Å². The predicted octanol–water partition coefficient (Wildman–Crippen LogP) is 3.82. The Labute approximate surface area is 163 Å². The molecule has 1 aromatic carbocycles. The Balaban J connectivity index is 1.73. The summed E-state index contributed by atoms with van der Waals surface area (Å²) in [6, 6.07) is 5.66. The van der Waals surface area contributed by atoms with Crippen LogP contribution in [0.3, 0.4) is 0 Å². The standard InChI is InChI=1S/C18H8F6N4O2/c19-11-5-9(13(21)15(23)27-11)17(29)25-7-1-2-8(4-3-7)26-18(30)10-6-12(20)28-16(24)14(10)22/h1-6H,(H,25,29)(H,26,30). The number of hydrogen-bond donors (Lipinski definition) is 2. The molecule has 3 rings (SSSR count). The summed E-state index contributed by atoms with van der Waals surface area (Å²) in [6.45, 7) is 0. The Morgan fingerprint density at radius 2 is 0.967 bits per heavy atom. The van der Waals surface area contributed by atoms with Gasteiger partial charge >= 0.3 is 0 Å². The van der Waals surface area contributed by atoms with Crippen LogP contribution in [0.2, 0.25) is 0 Å². The van der Waals surface area contributed by atoms with Crippen LogP contribution in [0.4, 0.5) is 37.7 Å². The highest BCUT2D eigenvalue weighted by Crippen LogP contribution is 2.19. The topological polar surface area (TPSA) is 84.0 Å². The predicted molar refractivity (Wildman–Crippen MR) is 90.6 cm³/mol. The molecule has 0 atom stereocenters. The molecule has 30 heavy (non-hydrogen) atoms. The van der Waals surface area contributed by atoms with Crippen LogP contribution in [0.5, 0.6) is 0 Å². The van der Waals surface area contributed by atoms with Gasteiger partial charge in [0.05, 0.1) is 11.1 Å². The maximum absolute atomic E-state index is 13.6. The summed E-state index contributed by atoms with van der Waals surface area (Å²) in [6.07, 6.45) is 0. The van der Waals surface area contributed by atoms with Crippen molar-refractivity contribution >= 4 is 23.2 Å². The van der Waals surface area contributed by atoms with Gasteiger partial charge in [0.15, 0.2) is 11.6 Å². The van der Waals surface area contributed by atoms with E-state index < -0.39 is 58.4 Å². The van der Waals surface area contributed by atoms with E-state index in [-0.39, 0.29) is 11.4 Å². The van der Waals surface area contributed by atoms with E-state index in [4.69, 9.17) is 0 Å². The molecule has 2 N–H and O–H groups in total. The Morgan fingerprint density at radius 3 is 1.30 bits per heavy atom. The number of carbonyl (C=O) groups is 2. The fraction of sp³-hybridized carbons (Fsp3) is 0. The van der Waals surface area contributed by atoms with E-state index >= 15 is 0 Å². The average Bonchev–Trinajstić information content (AvgIpc) is 2.68. The van der Waals surface area contributed by atoms with Gasteiger partial charge in [0.25, 0.3) is 23.7 Å². The molecule has 0 radical (unpaired) electrons. The number of aromatic nitrogens is 2. The first-order valence-electron chi connectivity index (χ1n) is 7.91. The number of pyridine rings is 2. The Bertz CT molecular complexity index is 1060. The number of nitrogens with zero attached hydrogens (tertiary/aromatic N) is 2. The summed E-state index contributed by atoms with van der Waals surface area (Å²) >= 11 is 0. The van der Waals surface area contributed by atoms with Gasteiger partial charge in [-0.1, -0.05) is 0 Å². The van der Waals surface area contributed by atoms with Gasteiger partial charge in [-0.3, -0.25) is 9.59 Å². The molecule has 6 nitrogen and oxygen atoms in total. The second-order valence-electron chi connectivity index (χ2n) is 5.68. The number of halogens is 6. The highest BCUT2D eigenvalue weighted by Gasteiger charge is 2.20. The first kappa shape index (κ1) is 20.8. The van der Waals surface area contributed by atoms with Crippen LogP contribution in [0.25, 0.3) is 0 Å². The second-order valence-corrected chi connectivity index (χ2v) is 5.68. The van der Waals surface area contributed by atoms with E-state index in [0.717, 1.165) is 0 Å². The second kappa shape index (κ2) is 8.19. The molecule has 154 valence electrons. The van der Waals surface area contributed by atoms with Crippen LogP contribution >= 0.6 is 0 Å². The smallest absolute Gasteiger partial charge is 0.258 e. The molecule has 0 saturated heterocycles. The Hall–Kier alpha value is -3.96. The molecule has 0 aliphatic rings. The van der Waals surface area contributed by atoms with E-state index in [2.05, 4.69) is 20.6 Å². The van der Waals surface area contributed by atoms with E-state index in [1.54, 1.807) is 0 Å². The zero-order chi connectivity index (χ0) is 22.0. The van der Waals surface area contributed by atoms with Gasteiger partial charge in [-0.25, -0.2) is 8.78 Å². The van der Waals surface area contributed by atoms with E-state index in [1.807, 2.05) is 0 Å². The van der Waals surface area contributed by atoms with Crippen molar-refractivity contribution in [1.82, 2.24) is 9.97 Å². The zero-order valence-electron chi connectivity index (χ0n) is 14.4. The maximum Gasteiger partial charge on any atom is 0.258 e. The van der Waals surface area contributed by atoms with Crippen molar-refractivity contribution in [2.45, 2.75) is 0 Å². The summed E-state index contributed by atoms with van der Waals surface area (Å²) in [7, 11) is 0. The summed E-state index contributed by atoms with van der Waals surface area (Å²) in [5.41, 5.74) is -1.76. The minimum Gasteiger partial charge on any atom is -0.322 e. The molecule has 2 amide bonds. The minimum atomic E-state index is -1.78. The molecule has 3 aromatic rings. The molecule has 12 heteroatoms. The summed E-state index contributed by atoms with van der Waals surface area (Å²) in [4.78, 5) is 29.2. The lowest BCUT2D eigenvalue weighted by Crippen LogP contribution is -2.17. The molecule has 0 bridgehead atoms. The van der Waals surface area contributed by atoms with Crippen LogP contribution in [-0.4, -0.2) is 21.8 Å². The van der Waals surface area contributed by atoms with Crippen molar-refractivity contribution in [2.24, 2.45) is 0 Å². The van der Waals surface area contributed by atoms with Gasteiger partial charge in [0, 0.05) is 23.5 Å². The first-order valence-corrected chi connectivity index (χ1v) is 7.91. The molecule has 0 saturated carbocycles. The molecule has 0 unspecified atom stereocenters. The lowest BCUT2D eigenvalue weighted by atomic mass is 10.2. The summed E-state index contributed by atoms with van der Waals surface area (Å²) in [5.74, 6) is -12.0. The van der Waals surface area contributed by atoms with E-state index in [1.165, 1.54) is 24.3 Å². The number of rotatable bonds is 4. The fourth-order valence-electron chi connectivity index (χ4n) is 2.30. The van der Waals surface area contributed by atoms with Crippen molar-refractivity contribution in [3.8, 4) is 0 Å². The Morgan fingerprint density at radius 1 is 0.633 bits per heavy atom. The number of anilines is 2. The highest BCUT2D eigenvalue weighted by molar-refractivity contribution is 6.05. The molecule has 2 heterocycles. The summed E-state index contributed by atoms with van der Waals surface area (Å²) < 4.78 is 79.6. The summed E-state index contributed by atoms with van der Waals surface area (Å²) in [5, 5.41) is 4.34. The van der Waals surface area contributed by atoms with Gasteiger partial charge < -0.3 is 10.6 Å². The van der Waals surface area contributed by atoms with Crippen molar-refractivity contribution < 1.29 is 35.9 Å².